The summed E-state index contributed by atoms with van der Waals surface area (Å²) < 4.78 is 0. The lowest BCUT2D eigenvalue weighted by Gasteiger charge is -2.18. The maximum atomic E-state index is 5.95. The molecule has 112 valence electrons. The Hall–Kier alpha value is -1.65. The second-order valence-corrected chi connectivity index (χ2v) is 7.41. The van der Waals surface area contributed by atoms with Crippen molar-refractivity contribution < 1.29 is 0 Å². The van der Waals surface area contributed by atoms with E-state index in [4.69, 9.17) is 11.6 Å². The van der Waals surface area contributed by atoms with E-state index >= 15 is 0 Å². The number of aromatic nitrogens is 2. The van der Waals surface area contributed by atoms with Crippen molar-refractivity contribution in [2.75, 3.05) is 5.32 Å². The van der Waals surface area contributed by atoms with Gasteiger partial charge in [-0.1, -0.05) is 18.5 Å². The molecule has 2 heterocycles. The molecule has 0 bridgehead atoms. The number of nitrogens with one attached hydrogen (secondary N) is 1. The average Bonchev–Trinajstić information content (AvgIpc) is 2.88. The number of hydrogen-bond donors (Lipinski definition) is 1. The highest BCUT2D eigenvalue weighted by Gasteiger charge is 2.23. The van der Waals surface area contributed by atoms with Crippen molar-refractivity contribution in [3.8, 4) is 0 Å². The van der Waals surface area contributed by atoms with E-state index in [1.165, 1.54) is 22.2 Å². The minimum atomic E-state index is 0.736. The normalized spacial score (nSPS) is 17.5. The molecular formula is C17H16ClN3S. The molecule has 0 amide bonds. The van der Waals surface area contributed by atoms with E-state index in [9.17, 15) is 0 Å². The molecule has 5 heteroatoms. The van der Waals surface area contributed by atoms with E-state index in [-0.39, 0.29) is 0 Å². The summed E-state index contributed by atoms with van der Waals surface area (Å²) in [5, 5.41) is 5.35. The number of benzene rings is 1. The molecule has 22 heavy (non-hydrogen) atoms. The topological polar surface area (TPSA) is 37.8 Å². The van der Waals surface area contributed by atoms with Gasteiger partial charge in [-0.05, 0) is 55.0 Å². The fourth-order valence-electron chi connectivity index (χ4n) is 3.04. The Morgan fingerprint density at radius 2 is 2.05 bits per heavy atom. The summed E-state index contributed by atoms with van der Waals surface area (Å²) in [6.45, 7) is 2.33. The molecule has 0 saturated carbocycles. The Bertz CT molecular complexity index is 826. The van der Waals surface area contributed by atoms with Gasteiger partial charge in [0.2, 0.25) is 0 Å². The molecule has 0 saturated heterocycles. The fourth-order valence-corrected chi connectivity index (χ4v) is 4.52. The van der Waals surface area contributed by atoms with Gasteiger partial charge in [0.25, 0.3) is 0 Å². The zero-order chi connectivity index (χ0) is 15.1. The van der Waals surface area contributed by atoms with Gasteiger partial charge in [0.1, 0.15) is 17.0 Å². The molecule has 0 spiro atoms. The molecule has 3 aromatic rings. The van der Waals surface area contributed by atoms with Gasteiger partial charge >= 0.3 is 0 Å². The maximum absolute atomic E-state index is 5.95. The maximum Gasteiger partial charge on any atom is 0.142 e. The highest BCUT2D eigenvalue weighted by Crippen LogP contribution is 2.40. The van der Waals surface area contributed by atoms with Crippen molar-refractivity contribution in [3.63, 3.8) is 0 Å². The highest BCUT2D eigenvalue weighted by molar-refractivity contribution is 7.19. The van der Waals surface area contributed by atoms with Gasteiger partial charge in [-0.2, -0.15) is 0 Å². The van der Waals surface area contributed by atoms with Crippen LogP contribution in [0.1, 0.15) is 23.8 Å². The molecule has 0 radical (unpaired) electrons. The third-order valence-corrected chi connectivity index (χ3v) is 5.61. The van der Waals surface area contributed by atoms with Crippen LogP contribution in [0, 0.1) is 5.92 Å². The summed E-state index contributed by atoms with van der Waals surface area (Å²) in [6, 6.07) is 7.70. The van der Waals surface area contributed by atoms with E-state index in [0.717, 1.165) is 40.1 Å². The van der Waals surface area contributed by atoms with Crippen LogP contribution in [0.2, 0.25) is 5.02 Å². The number of anilines is 2. The molecule has 1 aromatic carbocycles. The van der Waals surface area contributed by atoms with Gasteiger partial charge in [-0.15, -0.1) is 11.3 Å². The molecule has 4 rings (SSSR count). The van der Waals surface area contributed by atoms with Crippen LogP contribution in [-0.4, -0.2) is 9.97 Å². The number of aryl methyl sites for hydroxylation is 1. The monoisotopic (exact) mass is 329 g/mol. The van der Waals surface area contributed by atoms with Crippen molar-refractivity contribution >= 4 is 44.7 Å². The van der Waals surface area contributed by atoms with Crippen LogP contribution in [0.25, 0.3) is 10.2 Å². The predicted molar refractivity (Wildman–Crippen MR) is 93.3 cm³/mol. The first-order chi connectivity index (χ1) is 10.7. The summed E-state index contributed by atoms with van der Waals surface area (Å²) in [7, 11) is 0. The van der Waals surface area contributed by atoms with Gasteiger partial charge in [-0.3, -0.25) is 0 Å². The van der Waals surface area contributed by atoms with Gasteiger partial charge in [0.15, 0.2) is 0 Å². The van der Waals surface area contributed by atoms with Crippen molar-refractivity contribution in [1.29, 1.82) is 0 Å². The fraction of sp³-hybridized carbons (Fsp3) is 0.294. The quantitative estimate of drug-likeness (QED) is 0.701. The molecular weight excluding hydrogens is 314 g/mol. The number of fused-ring (bicyclic) bond motifs is 3. The molecule has 3 nitrogen and oxygen atoms in total. The summed E-state index contributed by atoms with van der Waals surface area (Å²) in [4.78, 5) is 11.5. The first kappa shape index (κ1) is 14.0. The van der Waals surface area contributed by atoms with Gasteiger partial charge in [0, 0.05) is 15.6 Å². The minimum Gasteiger partial charge on any atom is -0.340 e. The number of thiophene rings is 1. The highest BCUT2D eigenvalue weighted by atomic mass is 35.5. The van der Waals surface area contributed by atoms with Crippen LogP contribution in [0.3, 0.4) is 0 Å². The van der Waals surface area contributed by atoms with Gasteiger partial charge in [-0.25, -0.2) is 9.97 Å². The molecule has 2 aromatic heterocycles. The van der Waals surface area contributed by atoms with E-state index in [0.29, 0.717) is 0 Å². The van der Waals surface area contributed by atoms with Crippen LogP contribution in [-0.2, 0) is 12.8 Å². The lowest BCUT2D eigenvalue weighted by atomic mass is 9.89. The second kappa shape index (κ2) is 5.52. The molecule has 1 aliphatic rings. The smallest absolute Gasteiger partial charge is 0.142 e. The molecule has 0 fully saturated rings. The van der Waals surface area contributed by atoms with E-state index < -0.39 is 0 Å². The Morgan fingerprint density at radius 1 is 1.23 bits per heavy atom. The lowest BCUT2D eigenvalue weighted by molar-refractivity contribution is 0.509. The Labute approximate surface area is 138 Å². The molecule has 1 atom stereocenters. The van der Waals surface area contributed by atoms with Crippen LogP contribution < -0.4 is 5.32 Å². The lowest BCUT2D eigenvalue weighted by Crippen LogP contribution is -2.09. The summed E-state index contributed by atoms with van der Waals surface area (Å²) in [5.41, 5.74) is 2.43. The third-order valence-electron chi connectivity index (χ3n) is 4.20. The zero-order valence-electron chi connectivity index (χ0n) is 12.3. The van der Waals surface area contributed by atoms with Crippen molar-refractivity contribution in [1.82, 2.24) is 9.97 Å². The van der Waals surface area contributed by atoms with Crippen LogP contribution >= 0.6 is 22.9 Å². The average molecular weight is 330 g/mol. The summed E-state index contributed by atoms with van der Waals surface area (Å²) in [5.74, 6) is 1.67. The van der Waals surface area contributed by atoms with Crippen molar-refractivity contribution in [3.05, 3.63) is 46.1 Å². The zero-order valence-corrected chi connectivity index (χ0v) is 13.8. The Morgan fingerprint density at radius 3 is 2.86 bits per heavy atom. The number of rotatable bonds is 2. The molecule has 1 unspecified atom stereocenters. The van der Waals surface area contributed by atoms with Crippen LogP contribution in [0.5, 0.6) is 0 Å². The predicted octanol–water partition coefficient (Wildman–Crippen LogP) is 5.21. The Balaban J connectivity index is 1.79. The first-order valence-corrected chi connectivity index (χ1v) is 8.68. The van der Waals surface area contributed by atoms with E-state index in [2.05, 4.69) is 22.2 Å². The number of nitrogens with zero attached hydrogens (tertiary/aromatic N) is 2. The van der Waals surface area contributed by atoms with Crippen LogP contribution in [0.4, 0.5) is 11.5 Å². The molecule has 1 aliphatic carbocycles. The second-order valence-electron chi connectivity index (χ2n) is 5.89. The van der Waals surface area contributed by atoms with Gasteiger partial charge in [0.05, 0.1) is 5.39 Å². The number of hydrogen-bond acceptors (Lipinski definition) is 4. The first-order valence-electron chi connectivity index (χ1n) is 7.48. The van der Waals surface area contributed by atoms with Crippen LogP contribution in [0.15, 0.2) is 30.6 Å². The van der Waals surface area contributed by atoms with Crippen molar-refractivity contribution in [2.45, 2.75) is 26.2 Å². The van der Waals surface area contributed by atoms with E-state index in [1.54, 1.807) is 6.33 Å². The van der Waals surface area contributed by atoms with E-state index in [1.807, 2.05) is 35.6 Å². The standard InChI is InChI=1S/C17H16ClN3S/c1-10-2-7-13-14(8-10)22-17-15(13)16(19-9-20-17)21-12-5-3-11(18)4-6-12/h3-6,9-10H,2,7-8H2,1H3,(H,19,20,21). The van der Waals surface area contributed by atoms with Gasteiger partial charge < -0.3 is 5.32 Å². The molecule has 0 aliphatic heterocycles. The number of halogens is 1. The SMILES string of the molecule is CC1CCc2c(sc3ncnc(Nc4ccc(Cl)cc4)c23)C1. The van der Waals surface area contributed by atoms with Crippen molar-refractivity contribution in [2.24, 2.45) is 5.92 Å². The summed E-state index contributed by atoms with van der Waals surface area (Å²) >= 11 is 7.77. The Kier molecular flexibility index (Phi) is 3.51. The molecule has 1 N–H and O–H groups in total. The largest absolute Gasteiger partial charge is 0.340 e. The summed E-state index contributed by atoms with van der Waals surface area (Å²) in [6.07, 6.45) is 5.18. The third kappa shape index (κ3) is 2.46. The minimum absolute atomic E-state index is 0.736.